The van der Waals surface area contributed by atoms with Crippen molar-refractivity contribution in [3.05, 3.63) is 24.3 Å². The molecule has 1 rings (SSSR count). The molecular formula is C12H19ClN2O3S. The molecule has 0 saturated heterocycles. The molecule has 0 fully saturated rings. The maximum Gasteiger partial charge on any atom is 0.244 e. The van der Waals surface area contributed by atoms with Crippen LogP contribution in [0.4, 0.5) is 5.69 Å². The number of rotatable bonds is 7. The molecule has 7 heteroatoms. The zero-order valence-electron chi connectivity index (χ0n) is 11.3. The van der Waals surface area contributed by atoms with Crippen molar-refractivity contribution in [2.45, 2.75) is 10.3 Å². The lowest BCUT2D eigenvalue weighted by molar-refractivity contribution is 0.200. The maximum atomic E-state index is 12.2. The van der Waals surface area contributed by atoms with E-state index < -0.39 is 10.0 Å². The molecule has 19 heavy (non-hydrogen) atoms. The van der Waals surface area contributed by atoms with Crippen LogP contribution >= 0.6 is 11.6 Å². The van der Waals surface area contributed by atoms with E-state index in [-0.39, 0.29) is 10.3 Å². The third kappa shape index (κ3) is 4.35. The van der Waals surface area contributed by atoms with Gasteiger partial charge in [-0.25, -0.2) is 12.7 Å². The van der Waals surface area contributed by atoms with Crippen LogP contribution < -0.4 is 5.32 Å². The molecule has 1 atom stereocenters. The van der Waals surface area contributed by atoms with E-state index in [0.717, 1.165) is 0 Å². The highest BCUT2D eigenvalue weighted by molar-refractivity contribution is 7.89. The Morgan fingerprint density at radius 1 is 1.37 bits per heavy atom. The predicted molar refractivity (Wildman–Crippen MR) is 77.3 cm³/mol. The first kappa shape index (κ1) is 16.2. The zero-order chi connectivity index (χ0) is 14.5. The summed E-state index contributed by atoms with van der Waals surface area (Å²) < 4.78 is 30.4. The standard InChI is InChI=1S/C12H19ClN2O3S/c1-15(2)19(16,17)12-7-5-4-6-11(12)14-8-10(13)9-18-3/h4-7,10,14H,8-9H2,1-3H3. The van der Waals surface area contributed by atoms with E-state index >= 15 is 0 Å². The van der Waals surface area contributed by atoms with Gasteiger partial charge in [0.15, 0.2) is 0 Å². The Morgan fingerprint density at radius 2 is 2.00 bits per heavy atom. The predicted octanol–water partition coefficient (Wildman–Crippen LogP) is 1.60. The molecule has 1 aromatic rings. The molecule has 0 aliphatic heterocycles. The molecule has 0 radical (unpaired) electrons. The Hall–Kier alpha value is -0.820. The second-order valence-electron chi connectivity index (χ2n) is 4.22. The summed E-state index contributed by atoms with van der Waals surface area (Å²) in [5.74, 6) is 0. The Bertz CT molecular complexity index is 505. The van der Waals surface area contributed by atoms with Gasteiger partial charge < -0.3 is 10.1 Å². The van der Waals surface area contributed by atoms with Crippen LogP contribution in [-0.4, -0.2) is 52.5 Å². The SMILES string of the molecule is COCC(Cl)CNc1ccccc1S(=O)(=O)N(C)C. The second kappa shape index (κ2) is 7.09. The molecule has 0 heterocycles. The summed E-state index contributed by atoms with van der Waals surface area (Å²) in [6.07, 6.45) is 0. The number of nitrogens with one attached hydrogen (secondary N) is 1. The lowest BCUT2D eigenvalue weighted by Crippen LogP contribution is -2.25. The summed E-state index contributed by atoms with van der Waals surface area (Å²) in [6.45, 7) is 0.826. The van der Waals surface area contributed by atoms with Crippen LogP contribution in [0.15, 0.2) is 29.2 Å². The largest absolute Gasteiger partial charge is 0.383 e. The summed E-state index contributed by atoms with van der Waals surface area (Å²) in [6, 6.07) is 6.75. The molecule has 1 aromatic carbocycles. The van der Waals surface area contributed by atoms with Gasteiger partial charge >= 0.3 is 0 Å². The maximum absolute atomic E-state index is 12.2. The minimum absolute atomic E-state index is 0.222. The molecule has 108 valence electrons. The molecule has 0 bridgehead atoms. The number of hydrogen-bond donors (Lipinski definition) is 1. The number of sulfonamides is 1. The van der Waals surface area contributed by atoms with Crippen molar-refractivity contribution in [1.29, 1.82) is 0 Å². The van der Waals surface area contributed by atoms with Crippen molar-refractivity contribution >= 4 is 27.3 Å². The van der Waals surface area contributed by atoms with Crippen molar-refractivity contribution in [1.82, 2.24) is 4.31 Å². The normalized spacial score (nSPS) is 13.5. The van der Waals surface area contributed by atoms with Gasteiger partial charge in [0.05, 0.1) is 17.7 Å². The van der Waals surface area contributed by atoms with E-state index in [9.17, 15) is 8.42 Å². The van der Waals surface area contributed by atoms with Crippen molar-refractivity contribution in [2.24, 2.45) is 0 Å². The molecule has 0 aliphatic rings. The van der Waals surface area contributed by atoms with Crippen molar-refractivity contribution in [2.75, 3.05) is 39.7 Å². The van der Waals surface area contributed by atoms with E-state index in [1.807, 2.05) is 0 Å². The number of anilines is 1. The first-order valence-corrected chi connectivity index (χ1v) is 7.65. The molecule has 0 aliphatic carbocycles. The van der Waals surface area contributed by atoms with Gasteiger partial charge in [-0.2, -0.15) is 0 Å². The fourth-order valence-corrected chi connectivity index (χ4v) is 2.76. The average molecular weight is 307 g/mol. The van der Waals surface area contributed by atoms with E-state index in [1.165, 1.54) is 18.4 Å². The molecule has 0 spiro atoms. The lowest BCUT2D eigenvalue weighted by Gasteiger charge is -2.17. The summed E-state index contributed by atoms with van der Waals surface area (Å²) in [5.41, 5.74) is 0.540. The number of benzene rings is 1. The summed E-state index contributed by atoms with van der Waals surface area (Å²) in [7, 11) is 1.10. The smallest absolute Gasteiger partial charge is 0.244 e. The van der Waals surface area contributed by atoms with Crippen LogP contribution in [0, 0.1) is 0 Å². The van der Waals surface area contributed by atoms with Crippen molar-refractivity contribution in [3.8, 4) is 0 Å². The Kier molecular flexibility index (Phi) is 6.06. The van der Waals surface area contributed by atoms with Crippen molar-refractivity contribution in [3.63, 3.8) is 0 Å². The second-order valence-corrected chi connectivity index (χ2v) is 6.95. The van der Waals surface area contributed by atoms with Gasteiger partial charge in [-0.15, -0.1) is 11.6 Å². The van der Waals surface area contributed by atoms with Crippen LogP contribution in [0.5, 0.6) is 0 Å². The summed E-state index contributed by atoms with van der Waals surface area (Å²) in [4.78, 5) is 0.237. The van der Waals surface area contributed by atoms with Gasteiger partial charge in [-0.1, -0.05) is 12.1 Å². The fraction of sp³-hybridized carbons (Fsp3) is 0.500. The number of para-hydroxylation sites is 1. The average Bonchev–Trinajstić information content (AvgIpc) is 2.37. The van der Waals surface area contributed by atoms with Crippen LogP contribution in [0.3, 0.4) is 0 Å². The Morgan fingerprint density at radius 3 is 2.58 bits per heavy atom. The number of alkyl halides is 1. The van der Waals surface area contributed by atoms with Gasteiger partial charge in [0.25, 0.3) is 0 Å². The minimum Gasteiger partial charge on any atom is -0.383 e. The van der Waals surface area contributed by atoms with E-state index in [1.54, 1.807) is 31.4 Å². The van der Waals surface area contributed by atoms with E-state index in [2.05, 4.69) is 5.32 Å². The molecular weight excluding hydrogens is 288 g/mol. The van der Waals surface area contributed by atoms with E-state index in [0.29, 0.717) is 18.8 Å². The van der Waals surface area contributed by atoms with Crippen LogP contribution in [0.2, 0.25) is 0 Å². The minimum atomic E-state index is -3.47. The van der Waals surface area contributed by atoms with Crippen molar-refractivity contribution < 1.29 is 13.2 Å². The third-order valence-electron chi connectivity index (χ3n) is 2.51. The highest BCUT2D eigenvalue weighted by atomic mass is 35.5. The monoisotopic (exact) mass is 306 g/mol. The first-order valence-electron chi connectivity index (χ1n) is 5.78. The van der Waals surface area contributed by atoms with Gasteiger partial charge in [0.2, 0.25) is 10.0 Å². The number of hydrogen-bond acceptors (Lipinski definition) is 4. The third-order valence-corrected chi connectivity index (χ3v) is 4.66. The van der Waals surface area contributed by atoms with Gasteiger partial charge in [0, 0.05) is 27.7 Å². The number of methoxy groups -OCH3 is 1. The quantitative estimate of drug-likeness (QED) is 0.778. The van der Waals surface area contributed by atoms with Gasteiger partial charge in [-0.05, 0) is 12.1 Å². The van der Waals surface area contributed by atoms with Crippen LogP contribution in [-0.2, 0) is 14.8 Å². The van der Waals surface area contributed by atoms with Crippen LogP contribution in [0.25, 0.3) is 0 Å². The van der Waals surface area contributed by atoms with Gasteiger partial charge in [-0.3, -0.25) is 0 Å². The number of halogens is 1. The lowest BCUT2D eigenvalue weighted by atomic mass is 10.3. The molecule has 0 aromatic heterocycles. The summed E-state index contributed by atoms with van der Waals surface area (Å²) in [5, 5.41) is 2.82. The molecule has 0 saturated carbocycles. The Balaban J connectivity index is 2.91. The highest BCUT2D eigenvalue weighted by Gasteiger charge is 2.20. The number of ether oxygens (including phenoxy) is 1. The highest BCUT2D eigenvalue weighted by Crippen LogP contribution is 2.23. The topological polar surface area (TPSA) is 58.6 Å². The fourth-order valence-electron chi connectivity index (χ4n) is 1.49. The van der Waals surface area contributed by atoms with Crippen LogP contribution in [0.1, 0.15) is 0 Å². The van der Waals surface area contributed by atoms with Gasteiger partial charge in [0.1, 0.15) is 4.90 Å². The number of nitrogens with zero attached hydrogens (tertiary/aromatic N) is 1. The molecule has 5 nitrogen and oxygen atoms in total. The molecule has 0 amide bonds. The molecule has 1 N–H and O–H groups in total. The Labute approximate surface area is 119 Å². The molecule has 1 unspecified atom stereocenters. The summed E-state index contributed by atoms with van der Waals surface area (Å²) >= 11 is 6.01. The zero-order valence-corrected chi connectivity index (χ0v) is 12.8. The first-order chi connectivity index (χ1) is 8.89. The van der Waals surface area contributed by atoms with E-state index in [4.69, 9.17) is 16.3 Å².